The van der Waals surface area contributed by atoms with E-state index in [4.69, 9.17) is 18.9 Å². The van der Waals surface area contributed by atoms with Crippen molar-refractivity contribution >= 4 is 17.8 Å². The fraction of sp³-hybridized carbons (Fsp3) is 0.238. The van der Waals surface area contributed by atoms with Gasteiger partial charge in [-0.2, -0.15) is 0 Å². The van der Waals surface area contributed by atoms with Gasteiger partial charge < -0.3 is 18.9 Å². The summed E-state index contributed by atoms with van der Waals surface area (Å²) in [5, 5.41) is 0. The van der Waals surface area contributed by atoms with E-state index in [1.54, 1.807) is 36.4 Å². The zero-order chi connectivity index (χ0) is 19.8. The Hall–Kier alpha value is -3.28. The van der Waals surface area contributed by atoms with E-state index < -0.39 is 12.6 Å². The normalized spacial score (nSPS) is 10.5. The number of rotatable bonds is 8. The number of esters is 1. The summed E-state index contributed by atoms with van der Waals surface area (Å²) in [6.07, 6.45) is 3.61. The summed E-state index contributed by atoms with van der Waals surface area (Å²) < 4.78 is 21.0. The Labute approximate surface area is 158 Å². The second kappa shape index (κ2) is 9.43. The second-order valence-corrected chi connectivity index (χ2v) is 5.50. The van der Waals surface area contributed by atoms with Crippen LogP contribution in [0.15, 0.2) is 42.5 Å². The number of Topliss-reactive ketones (excluding diaryl/α,β-unsaturated/α-hetero) is 1. The van der Waals surface area contributed by atoms with Crippen LogP contribution in [0.4, 0.5) is 0 Å². The van der Waals surface area contributed by atoms with Crippen LogP contribution in [0.2, 0.25) is 0 Å². The van der Waals surface area contributed by atoms with Gasteiger partial charge in [-0.3, -0.25) is 4.79 Å². The summed E-state index contributed by atoms with van der Waals surface area (Å²) in [6, 6.07) is 9.91. The van der Waals surface area contributed by atoms with Crippen LogP contribution in [0, 0.1) is 0 Å². The largest absolute Gasteiger partial charge is 0.496 e. The van der Waals surface area contributed by atoms with Gasteiger partial charge in [0.1, 0.15) is 5.75 Å². The third kappa shape index (κ3) is 4.67. The van der Waals surface area contributed by atoms with Gasteiger partial charge in [0.25, 0.3) is 0 Å². The van der Waals surface area contributed by atoms with Crippen LogP contribution in [0.3, 0.4) is 0 Å². The summed E-state index contributed by atoms with van der Waals surface area (Å²) in [4.78, 5) is 24.8. The van der Waals surface area contributed by atoms with Gasteiger partial charge in [-0.15, -0.1) is 0 Å². The van der Waals surface area contributed by atoms with E-state index in [1.165, 1.54) is 27.4 Å². The average Bonchev–Trinajstić information content (AvgIpc) is 2.71. The van der Waals surface area contributed by atoms with E-state index in [9.17, 15) is 9.59 Å². The highest BCUT2D eigenvalue weighted by atomic mass is 16.5. The van der Waals surface area contributed by atoms with Crippen LogP contribution in [-0.4, -0.2) is 39.7 Å². The molecule has 0 aliphatic heterocycles. The minimum Gasteiger partial charge on any atom is -0.496 e. The number of methoxy groups -OCH3 is 3. The highest BCUT2D eigenvalue weighted by molar-refractivity contribution is 6.01. The van der Waals surface area contributed by atoms with E-state index >= 15 is 0 Å². The van der Waals surface area contributed by atoms with Crippen molar-refractivity contribution in [3.8, 4) is 17.2 Å². The van der Waals surface area contributed by atoms with Crippen LogP contribution < -0.4 is 14.2 Å². The van der Waals surface area contributed by atoms with Crippen molar-refractivity contribution in [2.24, 2.45) is 0 Å². The van der Waals surface area contributed by atoms with Gasteiger partial charge in [-0.05, 0) is 31.2 Å². The van der Waals surface area contributed by atoms with E-state index in [-0.39, 0.29) is 11.3 Å². The summed E-state index contributed by atoms with van der Waals surface area (Å²) in [5.74, 6) is 0.355. The maximum atomic E-state index is 12.4. The third-order valence-corrected chi connectivity index (χ3v) is 3.83. The van der Waals surface area contributed by atoms with Gasteiger partial charge in [0, 0.05) is 5.56 Å². The summed E-state index contributed by atoms with van der Waals surface area (Å²) in [6.45, 7) is 1.45. The first-order valence-electron chi connectivity index (χ1n) is 8.27. The molecule has 0 aliphatic carbocycles. The molecule has 0 aliphatic rings. The molecule has 0 radical (unpaired) electrons. The first-order valence-corrected chi connectivity index (χ1v) is 8.27. The van der Waals surface area contributed by atoms with Crippen molar-refractivity contribution < 1.29 is 28.5 Å². The van der Waals surface area contributed by atoms with Crippen molar-refractivity contribution in [1.82, 2.24) is 0 Å². The number of allylic oxidation sites excluding steroid dienone is 1. The van der Waals surface area contributed by atoms with Gasteiger partial charge in [0.15, 0.2) is 18.1 Å². The molecule has 0 saturated carbocycles. The first kappa shape index (κ1) is 20.0. The number of hydrogen-bond donors (Lipinski definition) is 0. The Bertz CT molecular complexity index is 854. The lowest BCUT2D eigenvalue weighted by Crippen LogP contribution is -2.15. The van der Waals surface area contributed by atoms with Crippen molar-refractivity contribution in [2.75, 3.05) is 27.9 Å². The van der Waals surface area contributed by atoms with Crippen LogP contribution in [0.1, 0.15) is 33.2 Å². The molecule has 2 aromatic carbocycles. The lowest BCUT2D eigenvalue weighted by molar-refractivity contribution is 0.0473. The van der Waals surface area contributed by atoms with E-state index in [0.717, 1.165) is 0 Å². The van der Waals surface area contributed by atoms with Crippen LogP contribution >= 0.6 is 0 Å². The molecule has 0 amide bonds. The van der Waals surface area contributed by atoms with Crippen LogP contribution in [0.25, 0.3) is 6.08 Å². The number of carbonyl (C=O) groups excluding carboxylic acids is 2. The lowest BCUT2D eigenvalue weighted by Gasteiger charge is -2.13. The molecule has 0 saturated heterocycles. The molecule has 0 N–H and O–H groups in total. The zero-order valence-corrected chi connectivity index (χ0v) is 15.8. The van der Waals surface area contributed by atoms with Crippen LogP contribution in [-0.2, 0) is 4.74 Å². The van der Waals surface area contributed by atoms with Gasteiger partial charge in [0.2, 0.25) is 5.78 Å². The minimum absolute atomic E-state index is 0.258. The van der Waals surface area contributed by atoms with Crippen molar-refractivity contribution in [3.05, 3.63) is 59.2 Å². The number of benzene rings is 2. The molecule has 0 heterocycles. The van der Waals surface area contributed by atoms with Crippen molar-refractivity contribution in [2.45, 2.75) is 6.92 Å². The van der Waals surface area contributed by atoms with Crippen LogP contribution in [0.5, 0.6) is 17.2 Å². The summed E-state index contributed by atoms with van der Waals surface area (Å²) in [7, 11) is 4.48. The van der Waals surface area contributed by atoms with E-state index in [1.807, 2.05) is 13.0 Å². The zero-order valence-electron chi connectivity index (χ0n) is 15.8. The molecule has 2 aromatic rings. The first-order chi connectivity index (χ1) is 13.0. The van der Waals surface area contributed by atoms with E-state index in [2.05, 4.69) is 0 Å². The Morgan fingerprint density at radius 3 is 2.30 bits per heavy atom. The Morgan fingerprint density at radius 1 is 0.963 bits per heavy atom. The maximum absolute atomic E-state index is 12.4. The highest BCUT2D eigenvalue weighted by Gasteiger charge is 2.18. The van der Waals surface area contributed by atoms with E-state index in [0.29, 0.717) is 28.4 Å². The second-order valence-electron chi connectivity index (χ2n) is 5.50. The molecular formula is C21H22O6. The Kier molecular flexibility index (Phi) is 7.00. The molecule has 6 heteroatoms. The average molecular weight is 370 g/mol. The van der Waals surface area contributed by atoms with Gasteiger partial charge in [-0.1, -0.05) is 24.3 Å². The molecule has 27 heavy (non-hydrogen) atoms. The van der Waals surface area contributed by atoms with Gasteiger partial charge >= 0.3 is 5.97 Å². The summed E-state index contributed by atoms with van der Waals surface area (Å²) in [5.41, 5.74) is 1.28. The number of hydrogen-bond acceptors (Lipinski definition) is 6. The fourth-order valence-electron chi connectivity index (χ4n) is 2.58. The molecule has 142 valence electrons. The number of ether oxygens (including phenoxy) is 4. The maximum Gasteiger partial charge on any atom is 0.338 e. The lowest BCUT2D eigenvalue weighted by atomic mass is 10.1. The molecule has 0 spiro atoms. The molecule has 0 fully saturated rings. The van der Waals surface area contributed by atoms with Gasteiger partial charge in [0.05, 0.1) is 32.5 Å². The van der Waals surface area contributed by atoms with Gasteiger partial charge in [-0.25, -0.2) is 4.79 Å². The smallest absolute Gasteiger partial charge is 0.338 e. The summed E-state index contributed by atoms with van der Waals surface area (Å²) >= 11 is 0. The van der Waals surface area contributed by atoms with Crippen molar-refractivity contribution in [3.63, 3.8) is 0 Å². The monoisotopic (exact) mass is 370 g/mol. The SMILES string of the molecule is C/C=C/c1cc(C(=O)OCC(=O)c2ccccc2OC)cc(OC)c1OC. The molecule has 0 bridgehead atoms. The number of ketones is 1. The minimum atomic E-state index is -0.634. The quantitative estimate of drug-likeness (QED) is 0.520. The Balaban J connectivity index is 2.20. The molecular weight excluding hydrogens is 348 g/mol. The number of para-hydroxylation sites is 1. The predicted octanol–water partition coefficient (Wildman–Crippen LogP) is 3.79. The third-order valence-electron chi connectivity index (χ3n) is 3.83. The topological polar surface area (TPSA) is 71.1 Å². The fourth-order valence-corrected chi connectivity index (χ4v) is 2.58. The molecule has 6 nitrogen and oxygen atoms in total. The molecule has 2 rings (SSSR count). The molecule has 0 unspecified atom stereocenters. The Morgan fingerprint density at radius 2 is 1.67 bits per heavy atom. The highest BCUT2D eigenvalue weighted by Crippen LogP contribution is 2.33. The molecule has 0 aromatic heterocycles. The molecule has 0 atom stereocenters. The standard InChI is InChI=1S/C21H22O6/c1-5-8-14-11-15(12-19(25-3)20(14)26-4)21(23)27-13-17(22)16-9-6-7-10-18(16)24-2/h5-12H,13H2,1-4H3/b8-5+. The number of carbonyl (C=O) groups is 2. The van der Waals surface area contributed by atoms with Crippen molar-refractivity contribution in [1.29, 1.82) is 0 Å². The predicted molar refractivity (Wildman–Crippen MR) is 102 cm³/mol.